The highest BCUT2D eigenvalue weighted by Crippen LogP contribution is 2.09. The van der Waals surface area contributed by atoms with Crippen LogP contribution in [0.15, 0.2) is 24.3 Å². The highest BCUT2D eigenvalue weighted by Gasteiger charge is 2.04. The third-order valence-electron chi connectivity index (χ3n) is 2.25. The van der Waals surface area contributed by atoms with Crippen LogP contribution < -0.4 is 16.0 Å². The van der Waals surface area contributed by atoms with E-state index in [4.69, 9.17) is 0 Å². The first-order chi connectivity index (χ1) is 8.99. The maximum absolute atomic E-state index is 11.7. The molecule has 0 heterocycles. The molecule has 0 radical (unpaired) electrons. The summed E-state index contributed by atoms with van der Waals surface area (Å²) in [4.78, 5) is 33.2. The Hall–Kier alpha value is -2.37. The van der Waals surface area contributed by atoms with Gasteiger partial charge in [0, 0.05) is 38.2 Å². The van der Waals surface area contributed by atoms with Gasteiger partial charge in [-0.15, -0.1) is 0 Å². The second-order valence-electron chi connectivity index (χ2n) is 4.00. The van der Waals surface area contributed by atoms with Crippen LogP contribution in [-0.4, -0.2) is 30.8 Å². The summed E-state index contributed by atoms with van der Waals surface area (Å²) < 4.78 is 0. The van der Waals surface area contributed by atoms with Crippen molar-refractivity contribution in [3.63, 3.8) is 0 Å². The van der Waals surface area contributed by atoms with Gasteiger partial charge in [0.2, 0.25) is 11.8 Å². The van der Waals surface area contributed by atoms with Gasteiger partial charge in [0.05, 0.1) is 0 Å². The van der Waals surface area contributed by atoms with Gasteiger partial charge in [0.15, 0.2) is 0 Å². The van der Waals surface area contributed by atoms with Gasteiger partial charge in [-0.2, -0.15) is 0 Å². The molecule has 0 fully saturated rings. The highest BCUT2D eigenvalue weighted by atomic mass is 16.2. The Morgan fingerprint density at radius 1 is 0.895 bits per heavy atom. The second-order valence-corrected chi connectivity index (χ2v) is 4.00. The number of hydrogen-bond acceptors (Lipinski definition) is 3. The Labute approximate surface area is 111 Å². The van der Waals surface area contributed by atoms with Gasteiger partial charge < -0.3 is 16.0 Å². The van der Waals surface area contributed by atoms with E-state index in [0.29, 0.717) is 24.3 Å². The van der Waals surface area contributed by atoms with E-state index in [1.165, 1.54) is 13.8 Å². The monoisotopic (exact) mass is 263 g/mol. The van der Waals surface area contributed by atoms with E-state index in [9.17, 15) is 14.4 Å². The van der Waals surface area contributed by atoms with Crippen LogP contribution in [0.2, 0.25) is 0 Å². The van der Waals surface area contributed by atoms with Crippen LogP contribution in [0, 0.1) is 0 Å². The van der Waals surface area contributed by atoms with E-state index in [0.717, 1.165) is 0 Å². The zero-order chi connectivity index (χ0) is 14.3. The van der Waals surface area contributed by atoms with Crippen LogP contribution in [0.4, 0.5) is 5.69 Å². The number of carbonyl (C=O) groups excluding carboxylic acids is 3. The summed E-state index contributed by atoms with van der Waals surface area (Å²) in [5.74, 6) is -0.513. The van der Waals surface area contributed by atoms with Gasteiger partial charge in [-0.3, -0.25) is 14.4 Å². The standard InChI is InChI=1S/C13H17N3O3/c1-9(17)14-7-8-15-13(19)11-3-5-12(6-4-11)16-10(2)18/h3-6H,7-8H2,1-2H3,(H,14,17)(H,15,19)(H,16,18). The molecule has 0 aliphatic heterocycles. The number of nitrogens with one attached hydrogen (secondary N) is 3. The summed E-state index contributed by atoms with van der Waals surface area (Å²) in [6, 6.07) is 6.56. The van der Waals surface area contributed by atoms with Crippen molar-refractivity contribution < 1.29 is 14.4 Å². The Kier molecular flexibility index (Phi) is 5.53. The first kappa shape index (κ1) is 14.7. The Morgan fingerprint density at radius 3 is 2.00 bits per heavy atom. The van der Waals surface area contributed by atoms with E-state index >= 15 is 0 Å². The van der Waals surface area contributed by atoms with Crippen molar-refractivity contribution in [3.8, 4) is 0 Å². The third-order valence-corrected chi connectivity index (χ3v) is 2.25. The topological polar surface area (TPSA) is 87.3 Å². The summed E-state index contributed by atoms with van der Waals surface area (Å²) in [7, 11) is 0. The molecular formula is C13H17N3O3. The van der Waals surface area contributed by atoms with Crippen molar-refractivity contribution in [2.24, 2.45) is 0 Å². The summed E-state index contributed by atoms with van der Waals surface area (Å²) in [5.41, 5.74) is 1.14. The molecule has 6 nitrogen and oxygen atoms in total. The molecule has 0 unspecified atom stereocenters. The fourth-order valence-corrected chi connectivity index (χ4v) is 1.42. The second kappa shape index (κ2) is 7.15. The molecule has 3 amide bonds. The Bertz CT molecular complexity index is 469. The van der Waals surface area contributed by atoms with Crippen molar-refractivity contribution in [2.45, 2.75) is 13.8 Å². The van der Waals surface area contributed by atoms with Crippen molar-refractivity contribution in [2.75, 3.05) is 18.4 Å². The Morgan fingerprint density at radius 2 is 1.47 bits per heavy atom. The normalized spacial score (nSPS) is 9.58. The molecule has 0 aromatic heterocycles. The number of benzene rings is 1. The summed E-state index contributed by atoms with van der Waals surface area (Å²) in [5, 5.41) is 7.87. The van der Waals surface area contributed by atoms with Gasteiger partial charge in [-0.05, 0) is 24.3 Å². The molecular weight excluding hydrogens is 246 g/mol. The summed E-state index contributed by atoms with van der Waals surface area (Å²) in [6.07, 6.45) is 0. The van der Waals surface area contributed by atoms with E-state index in [2.05, 4.69) is 16.0 Å². The molecule has 0 aliphatic carbocycles. The smallest absolute Gasteiger partial charge is 0.251 e. The van der Waals surface area contributed by atoms with Gasteiger partial charge in [0.25, 0.3) is 5.91 Å². The molecule has 3 N–H and O–H groups in total. The molecule has 0 aliphatic rings. The fourth-order valence-electron chi connectivity index (χ4n) is 1.42. The lowest BCUT2D eigenvalue weighted by Gasteiger charge is -2.07. The van der Waals surface area contributed by atoms with Crippen LogP contribution >= 0.6 is 0 Å². The van der Waals surface area contributed by atoms with Crippen LogP contribution in [0.3, 0.4) is 0 Å². The molecule has 1 rings (SSSR count). The predicted octanol–water partition coefficient (Wildman–Crippen LogP) is 0.511. The number of amides is 3. The van der Waals surface area contributed by atoms with Crippen LogP contribution in [-0.2, 0) is 9.59 Å². The highest BCUT2D eigenvalue weighted by molar-refractivity contribution is 5.95. The first-order valence-corrected chi connectivity index (χ1v) is 5.89. The van der Waals surface area contributed by atoms with Crippen LogP contribution in [0.25, 0.3) is 0 Å². The molecule has 19 heavy (non-hydrogen) atoms. The summed E-state index contributed by atoms with van der Waals surface area (Å²) >= 11 is 0. The van der Waals surface area contributed by atoms with Crippen molar-refractivity contribution in [3.05, 3.63) is 29.8 Å². The molecule has 1 aromatic carbocycles. The number of anilines is 1. The zero-order valence-corrected chi connectivity index (χ0v) is 10.9. The molecule has 0 spiro atoms. The molecule has 6 heteroatoms. The van der Waals surface area contributed by atoms with E-state index < -0.39 is 0 Å². The van der Waals surface area contributed by atoms with Crippen molar-refractivity contribution in [1.29, 1.82) is 0 Å². The average Bonchev–Trinajstić information content (AvgIpc) is 2.34. The van der Waals surface area contributed by atoms with Crippen LogP contribution in [0.5, 0.6) is 0 Å². The van der Waals surface area contributed by atoms with Crippen LogP contribution in [0.1, 0.15) is 24.2 Å². The van der Waals surface area contributed by atoms with E-state index in [1.54, 1.807) is 24.3 Å². The minimum atomic E-state index is -0.222. The molecule has 0 saturated carbocycles. The van der Waals surface area contributed by atoms with Gasteiger partial charge in [0.1, 0.15) is 0 Å². The lowest BCUT2D eigenvalue weighted by molar-refractivity contribution is -0.119. The molecule has 0 atom stereocenters. The average molecular weight is 263 g/mol. The summed E-state index contributed by atoms with van der Waals surface area (Å²) in [6.45, 7) is 3.60. The van der Waals surface area contributed by atoms with Crippen molar-refractivity contribution >= 4 is 23.4 Å². The predicted molar refractivity (Wildman–Crippen MR) is 71.8 cm³/mol. The largest absolute Gasteiger partial charge is 0.355 e. The maximum atomic E-state index is 11.7. The lowest BCUT2D eigenvalue weighted by atomic mass is 10.2. The lowest BCUT2D eigenvalue weighted by Crippen LogP contribution is -2.33. The molecule has 102 valence electrons. The molecule has 1 aromatic rings. The van der Waals surface area contributed by atoms with Crippen molar-refractivity contribution in [1.82, 2.24) is 10.6 Å². The minimum Gasteiger partial charge on any atom is -0.355 e. The minimum absolute atomic E-state index is 0.131. The number of hydrogen-bond donors (Lipinski definition) is 3. The van der Waals surface area contributed by atoms with Gasteiger partial charge in [-0.25, -0.2) is 0 Å². The fraction of sp³-hybridized carbons (Fsp3) is 0.308. The number of rotatable bonds is 5. The van der Waals surface area contributed by atoms with E-state index in [1.807, 2.05) is 0 Å². The first-order valence-electron chi connectivity index (χ1n) is 5.89. The SMILES string of the molecule is CC(=O)NCCNC(=O)c1ccc(NC(C)=O)cc1. The number of carbonyl (C=O) groups is 3. The van der Waals surface area contributed by atoms with Gasteiger partial charge in [-0.1, -0.05) is 0 Å². The van der Waals surface area contributed by atoms with E-state index in [-0.39, 0.29) is 17.7 Å². The third kappa shape index (κ3) is 5.67. The zero-order valence-electron chi connectivity index (χ0n) is 10.9. The molecule has 0 saturated heterocycles. The quantitative estimate of drug-likeness (QED) is 0.676. The maximum Gasteiger partial charge on any atom is 0.251 e. The molecule has 0 bridgehead atoms. The Balaban J connectivity index is 2.44. The van der Waals surface area contributed by atoms with Gasteiger partial charge >= 0.3 is 0 Å².